The fourth-order valence-corrected chi connectivity index (χ4v) is 0.330. The van der Waals surface area contributed by atoms with Gasteiger partial charge in [-0.1, -0.05) is 0 Å². The number of carbonyl (C=O) groups is 2. The van der Waals surface area contributed by atoms with Crippen LogP contribution in [0.5, 0.6) is 0 Å². The molecule has 0 bridgehead atoms. The van der Waals surface area contributed by atoms with Gasteiger partial charge in [-0.25, -0.2) is 0 Å². The third-order valence-corrected chi connectivity index (χ3v) is 0.927. The van der Waals surface area contributed by atoms with Gasteiger partial charge in [0.05, 0.1) is 5.92 Å². The van der Waals surface area contributed by atoms with Gasteiger partial charge in [0.15, 0.2) is 0 Å². The lowest BCUT2D eigenvalue weighted by atomic mass is 10.5. The maximum Gasteiger partial charge on any atom is 0.306 e. The number of carboxylic acids is 1. The molecule has 1 rings (SSSR count). The topological polar surface area (TPSA) is 74.6 Å². The highest BCUT2D eigenvalue weighted by molar-refractivity contribution is 5.85. The van der Waals surface area contributed by atoms with Crippen LogP contribution in [0, 0.1) is 5.92 Å². The molecule has 0 unspecified atom stereocenters. The molecule has 10 heavy (non-hydrogen) atoms. The van der Waals surface area contributed by atoms with Crippen molar-refractivity contribution in [3.05, 3.63) is 0 Å². The van der Waals surface area contributed by atoms with Gasteiger partial charge in [0.1, 0.15) is 0 Å². The molecule has 0 radical (unpaired) electrons. The maximum absolute atomic E-state index is 9.76. The third-order valence-electron chi connectivity index (χ3n) is 0.927. The van der Waals surface area contributed by atoms with Crippen LogP contribution in [-0.2, 0) is 9.59 Å². The molecule has 2 N–H and O–H groups in total. The lowest BCUT2D eigenvalue weighted by Crippen LogP contribution is -1.94. The molecule has 0 aromatic heterocycles. The standard InChI is InChI=1S/C4H6O2.CH2O2.ClH/c5-4(6)3-1-2-3;2-1-3;/h3H,1-2H2,(H,5,6);1H,(H,2,3);1H. The maximum atomic E-state index is 9.76. The van der Waals surface area contributed by atoms with Gasteiger partial charge in [0, 0.05) is 0 Å². The molecule has 0 aromatic rings. The van der Waals surface area contributed by atoms with Crippen molar-refractivity contribution in [3.8, 4) is 0 Å². The van der Waals surface area contributed by atoms with E-state index in [0.717, 1.165) is 12.8 Å². The van der Waals surface area contributed by atoms with Gasteiger partial charge >= 0.3 is 5.97 Å². The molecule has 1 fully saturated rings. The molecule has 5 heteroatoms. The van der Waals surface area contributed by atoms with Gasteiger partial charge in [0.2, 0.25) is 0 Å². The van der Waals surface area contributed by atoms with Gasteiger partial charge in [-0.15, -0.1) is 12.4 Å². The highest BCUT2D eigenvalue weighted by Crippen LogP contribution is 2.28. The number of hydrogen-bond acceptors (Lipinski definition) is 2. The zero-order chi connectivity index (χ0) is 7.28. The van der Waals surface area contributed by atoms with E-state index in [1.165, 1.54) is 0 Å². The minimum atomic E-state index is -0.630. The molecule has 0 aliphatic heterocycles. The largest absolute Gasteiger partial charge is 0.483 e. The van der Waals surface area contributed by atoms with Crippen LogP contribution in [0.2, 0.25) is 0 Å². The first-order valence-corrected chi connectivity index (χ1v) is 2.53. The number of rotatable bonds is 1. The summed E-state index contributed by atoms with van der Waals surface area (Å²) in [6.07, 6.45) is 1.80. The lowest BCUT2D eigenvalue weighted by Gasteiger charge is -1.75. The Morgan fingerprint density at radius 2 is 1.80 bits per heavy atom. The highest BCUT2D eigenvalue weighted by Gasteiger charge is 2.28. The Morgan fingerprint density at radius 1 is 1.50 bits per heavy atom. The zero-order valence-corrected chi connectivity index (χ0v) is 6.00. The van der Waals surface area contributed by atoms with Crippen molar-refractivity contribution in [2.75, 3.05) is 0 Å². The third kappa shape index (κ3) is 7.23. The normalized spacial score (nSPS) is 13.6. The highest BCUT2D eigenvalue weighted by atomic mass is 35.5. The van der Waals surface area contributed by atoms with Crippen LogP contribution in [0.1, 0.15) is 12.8 Å². The van der Waals surface area contributed by atoms with Crippen molar-refractivity contribution in [3.63, 3.8) is 0 Å². The molecule has 0 saturated heterocycles. The van der Waals surface area contributed by atoms with E-state index in [2.05, 4.69) is 0 Å². The fraction of sp³-hybridized carbons (Fsp3) is 0.600. The first-order chi connectivity index (χ1) is 4.22. The molecule has 0 amide bonds. The van der Waals surface area contributed by atoms with Gasteiger partial charge < -0.3 is 10.2 Å². The van der Waals surface area contributed by atoms with E-state index < -0.39 is 5.97 Å². The van der Waals surface area contributed by atoms with Gasteiger partial charge in [-0.2, -0.15) is 0 Å². The van der Waals surface area contributed by atoms with Gasteiger partial charge in [-0.05, 0) is 12.8 Å². The van der Waals surface area contributed by atoms with E-state index in [1.807, 2.05) is 0 Å². The molecular formula is C5H9ClO4. The molecule has 1 aliphatic rings. The summed E-state index contributed by atoms with van der Waals surface area (Å²) in [5, 5.41) is 14.9. The Balaban J connectivity index is 0. The van der Waals surface area contributed by atoms with Crippen LogP contribution in [0.3, 0.4) is 0 Å². The summed E-state index contributed by atoms with van der Waals surface area (Å²) < 4.78 is 0. The Bertz CT molecular complexity index is 110. The van der Waals surface area contributed by atoms with Crippen LogP contribution >= 0.6 is 12.4 Å². The summed E-state index contributed by atoms with van der Waals surface area (Å²) in [5.41, 5.74) is 0. The number of hydrogen-bond donors (Lipinski definition) is 2. The number of carboxylic acid groups (broad SMARTS) is 2. The minimum absolute atomic E-state index is 0. The van der Waals surface area contributed by atoms with Crippen molar-refractivity contribution in [1.82, 2.24) is 0 Å². The summed E-state index contributed by atoms with van der Waals surface area (Å²) in [6.45, 7) is -0.250. The van der Waals surface area contributed by atoms with Gasteiger partial charge in [-0.3, -0.25) is 9.59 Å². The zero-order valence-electron chi connectivity index (χ0n) is 5.19. The SMILES string of the molecule is Cl.O=C(O)C1CC1.O=CO. The van der Waals surface area contributed by atoms with E-state index in [0.29, 0.717) is 0 Å². The summed E-state index contributed by atoms with van der Waals surface area (Å²) in [6, 6.07) is 0. The quantitative estimate of drug-likeness (QED) is 0.563. The van der Waals surface area contributed by atoms with Crippen LogP contribution < -0.4 is 0 Å². The van der Waals surface area contributed by atoms with Crippen LogP contribution in [-0.4, -0.2) is 22.7 Å². The van der Waals surface area contributed by atoms with Crippen LogP contribution in [0.4, 0.5) is 0 Å². The van der Waals surface area contributed by atoms with Crippen molar-refractivity contribution >= 4 is 24.8 Å². The monoisotopic (exact) mass is 168 g/mol. The van der Waals surface area contributed by atoms with E-state index in [4.69, 9.17) is 15.0 Å². The lowest BCUT2D eigenvalue weighted by molar-refractivity contribution is -0.138. The molecule has 0 heterocycles. The molecule has 1 aliphatic carbocycles. The minimum Gasteiger partial charge on any atom is -0.483 e. The van der Waals surface area contributed by atoms with Crippen molar-refractivity contribution in [2.45, 2.75) is 12.8 Å². The second kappa shape index (κ2) is 6.35. The number of halogens is 1. The molecule has 0 spiro atoms. The summed E-state index contributed by atoms with van der Waals surface area (Å²) in [4.78, 5) is 18.1. The summed E-state index contributed by atoms with van der Waals surface area (Å²) in [5.74, 6) is -0.611. The Morgan fingerprint density at radius 3 is 1.80 bits per heavy atom. The van der Waals surface area contributed by atoms with E-state index >= 15 is 0 Å². The Labute approximate surface area is 64.3 Å². The first kappa shape index (κ1) is 12.0. The Kier molecular flexibility index (Phi) is 7.60. The molecule has 60 valence electrons. The van der Waals surface area contributed by atoms with Crippen molar-refractivity contribution in [2.24, 2.45) is 5.92 Å². The average molecular weight is 169 g/mol. The molecular weight excluding hydrogens is 160 g/mol. The van der Waals surface area contributed by atoms with Crippen LogP contribution in [0.25, 0.3) is 0 Å². The number of aliphatic carboxylic acids is 1. The predicted octanol–water partition coefficient (Wildman–Crippen LogP) is 0.604. The molecule has 4 nitrogen and oxygen atoms in total. The average Bonchev–Trinajstić information content (AvgIpc) is 2.44. The fourth-order valence-electron chi connectivity index (χ4n) is 0.330. The van der Waals surface area contributed by atoms with Crippen molar-refractivity contribution < 1.29 is 19.8 Å². The van der Waals surface area contributed by atoms with E-state index in [9.17, 15) is 4.79 Å². The van der Waals surface area contributed by atoms with E-state index in [-0.39, 0.29) is 24.8 Å². The molecule has 0 aromatic carbocycles. The predicted molar refractivity (Wildman–Crippen MR) is 36.3 cm³/mol. The molecule has 1 saturated carbocycles. The molecule has 0 atom stereocenters. The van der Waals surface area contributed by atoms with Crippen molar-refractivity contribution in [1.29, 1.82) is 0 Å². The second-order valence-electron chi connectivity index (χ2n) is 1.72. The van der Waals surface area contributed by atoms with Gasteiger partial charge in [0.25, 0.3) is 6.47 Å². The Hall–Kier alpha value is -0.770. The van der Waals surface area contributed by atoms with Crippen LogP contribution in [0.15, 0.2) is 0 Å². The summed E-state index contributed by atoms with van der Waals surface area (Å²) >= 11 is 0. The smallest absolute Gasteiger partial charge is 0.306 e. The summed E-state index contributed by atoms with van der Waals surface area (Å²) in [7, 11) is 0. The second-order valence-corrected chi connectivity index (χ2v) is 1.72. The first-order valence-electron chi connectivity index (χ1n) is 2.53. The van der Waals surface area contributed by atoms with E-state index in [1.54, 1.807) is 0 Å².